The van der Waals surface area contributed by atoms with Crippen LogP contribution in [-0.2, 0) is 21.8 Å². The van der Waals surface area contributed by atoms with Gasteiger partial charge in [0, 0.05) is 7.11 Å². The fraction of sp³-hybridized carbons (Fsp3) is 0.364. The van der Waals surface area contributed by atoms with Crippen molar-refractivity contribution in [3.8, 4) is 0 Å². The van der Waals surface area contributed by atoms with Gasteiger partial charge in [-0.15, -0.1) is 6.04 Å². The minimum absolute atomic E-state index is 0. The molecule has 5 heteroatoms. The number of unbranched alkanes of at least 4 members (excludes halogenated alkanes) is 1. The van der Waals surface area contributed by atoms with Gasteiger partial charge in [0.2, 0.25) is 0 Å². The Bertz CT molecular complexity index is 581. The molecule has 0 aliphatic carbocycles. The van der Waals surface area contributed by atoms with Crippen LogP contribution in [-0.4, -0.2) is 21.4 Å². The molecule has 2 rings (SSSR count). The zero-order chi connectivity index (χ0) is 18.7. The first kappa shape index (κ1) is 28.9. The van der Waals surface area contributed by atoms with Gasteiger partial charge in [-0.2, -0.15) is 0 Å². The van der Waals surface area contributed by atoms with Crippen molar-refractivity contribution < 1.29 is 40.7 Å². The topological polar surface area (TPSA) is 23.3 Å². The third-order valence-corrected chi connectivity index (χ3v) is 6.88. The maximum Gasteiger partial charge on any atom is 2.00 e. The molecule has 0 aliphatic heterocycles. The van der Waals surface area contributed by atoms with Crippen LogP contribution in [0.1, 0.15) is 31.4 Å². The molecular formula is C22H32CuLiNOSi. The van der Waals surface area contributed by atoms with Gasteiger partial charge < -0.3 is 23.6 Å². The van der Waals surface area contributed by atoms with Crippen molar-refractivity contribution in [2.24, 2.45) is 0 Å². The van der Waals surface area contributed by atoms with Crippen LogP contribution in [0.4, 0.5) is 0 Å². The molecular weight excluding hydrogens is 393 g/mol. The Morgan fingerprint density at radius 2 is 1.37 bits per heavy atom. The minimum Gasteiger partial charge on any atom is -0.656 e. The number of hydrogen-bond donors (Lipinski definition) is 0. The molecule has 0 heterocycles. The van der Waals surface area contributed by atoms with Crippen LogP contribution in [0.3, 0.4) is 0 Å². The number of nitrogens with zero attached hydrogens (tertiary/aromatic N) is 1. The predicted octanol–water partition coefficient (Wildman–Crippen LogP) is 2.68. The molecule has 0 fully saturated rings. The van der Waals surface area contributed by atoms with E-state index in [1.807, 2.05) is 18.2 Å². The van der Waals surface area contributed by atoms with Gasteiger partial charge in [0.25, 0.3) is 0 Å². The molecule has 1 radical (unpaired) electrons. The number of rotatable bonds is 7. The Morgan fingerprint density at radius 1 is 0.926 bits per heavy atom. The second-order valence-electron chi connectivity index (χ2n) is 6.57. The normalized spacial score (nSPS) is 12.5. The Kier molecular flexibility index (Phi) is 16.7. The van der Waals surface area contributed by atoms with Gasteiger partial charge in [-0.1, -0.05) is 85.9 Å². The molecule has 2 nitrogen and oxygen atoms in total. The van der Waals surface area contributed by atoms with Gasteiger partial charge in [-0.05, 0) is 13.8 Å². The molecule has 147 valence electrons. The van der Waals surface area contributed by atoms with Gasteiger partial charge in [-0.3, -0.25) is 0 Å². The SMILES string of the molecule is CO[C@H](c1ccccc1)[C@H](C)[N-][Si](C)(C)c1ccccc1.[CH2-]CC[CH2-].[Cu+2].[Li+]. The molecule has 2 atom stereocenters. The maximum absolute atomic E-state index is 5.71. The average molecular weight is 425 g/mol. The summed E-state index contributed by atoms with van der Waals surface area (Å²) in [7, 11) is -0.0448. The summed E-state index contributed by atoms with van der Waals surface area (Å²) < 4.78 is 5.71. The first-order valence-corrected chi connectivity index (χ1v) is 11.8. The summed E-state index contributed by atoms with van der Waals surface area (Å²) in [6, 6.07) is 21.1. The van der Waals surface area contributed by atoms with E-state index in [0.29, 0.717) is 0 Å². The van der Waals surface area contributed by atoms with Gasteiger partial charge in [0.1, 0.15) is 0 Å². The molecule has 0 N–H and O–H groups in total. The number of methoxy groups -OCH3 is 1. The van der Waals surface area contributed by atoms with E-state index >= 15 is 0 Å². The Hall–Kier alpha value is -0.306. The van der Waals surface area contributed by atoms with Crippen LogP contribution in [0.25, 0.3) is 4.98 Å². The smallest absolute Gasteiger partial charge is 0.656 e. The summed E-state index contributed by atoms with van der Waals surface area (Å²) >= 11 is 0. The molecule has 2 aromatic rings. The largest absolute Gasteiger partial charge is 2.00 e. The first-order valence-electron chi connectivity index (χ1n) is 8.90. The van der Waals surface area contributed by atoms with Gasteiger partial charge in [-0.25, -0.2) is 12.8 Å². The number of benzene rings is 2. The molecule has 0 amide bonds. The van der Waals surface area contributed by atoms with Crippen LogP contribution in [0.15, 0.2) is 60.7 Å². The summed E-state index contributed by atoms with van der Waals surface area (Å²) in [5, 5.41) is 1.36. The third kappa shape index (κ3) is 10.2. The van der Waals surface area contributed by atoms with Crippen molar-refractivity contribution in [3.63, 3.8) is 0 Å². The number of hydrogen-bond acceptors (Lipinski definition) is 1. The fourth-order valence-corrected chi connectivity index (χ4v) is 5.06. The summed E-state index contributed by atoms with van der Waals surface area (Å²) in [5.74, 6) is 0. The van der Waals surface area contributed by atoms with E-state index in [1.165, 1.54) is 10.8 Å². The minimum atomic E-state index is -1.81. The second-order valence-corrected chi connectivity index (χ2v) is 10.5. The molecule has 2 aromatic carbocycles. The third-order valence-electron chi connectivity index (χ3n) is 4.08. The van der Waals surface area contributed by atoms with Crippen molar-refractivity contribution in [1.29, 1.82) is 0 Å². The van der Waals surface area contributed by atoms with Gasteiger partial charge >= 0.3 is 35.9 Å². The standard InChI is InChI=1S/C18H24NOSi.C4H8.Cu.Li/c1-15(18(20-2)16-11-7-5-8-12-16)19-21(3,4)17-13-9-6-10-14-17;1-3-4-2;;/h5-15,18H,1-4H3;1-4H2;;/q-1;-2;+2;+1/t15-,18-;;;/m0.../s1. The zero-order valence-corrected chi connectivity index (χ0v) is 19.4. The Balaban J connectivity index is 0. The predicted molar refractivity (Wildman–Crippen MR) is 113 cm³/mol. The molecule has 0 saturated carbocycles. The summed E-state index contributed by atoms with van der Waals surface area (Å²) in [6.45, 7) is 13.8. The van der Waals surface area contributed by atoms with Crippen molar-refractivity contribution in [1.82, 2.24) is 0 Å². The van der Waals surface area contributed by atoms with Crippen LogP contribution in [0.5, 0.6) is 0 Å². The molecule has 27 heavy (non-hydrogen) atoms. The van der Waals surface area contributed by atoms with Crippen LogP contribution in [0, 0.1) is 13.8 Å². The monoisotopic (exact) mass is 424 g/mol. The fourth-order valence-electron chi connectivity index (χ4n) is 2.75. The molecule has 0 bridgehead atoms. The van der Waals surface area contributed by atoms with Crippen molar-refractivity contribution in [2.75, 3.05) is 7.11 Å². The van der Waals surface area contributed by atoms with E-state index in [9.17, 15) is 0 Å². The van der Waals surface area contributed by atoms with Crippen molar-refractivity contribution >= 4 is 13.4 Å². The molecule has 0 unspecified atom stereocenters. The Morgan fingerprint density at radius 3 is 1.78 bits per heavy atom. The molecule has 0 aromatic heterocycles. The summed E-state index contributed by atoms with van der Waals surface area (Å²) in [6.07, 6.45) is 1.93. The molecule has 0 spiro atoms. The quantitative estimate of drug-likeness (QED) is 0.495. The van der Waals surface area contributed by atoms with Crippen LogP contribution < -0.4 is 24.0 Å². The Labute approximate surface area is 190 Å². The average Bonchev–Trinajstić information content (AvgIpc) is 2.64. The molecule has 0 saturated heterocycles. The summed E-state index contributed by atoms with van der Waals surface area (Å²) in [4.78, 5) is 5.14. The van der Waals surface area contributed by atoms with Crippen molar-refractivity contribution in [3.05, 3.63) is 85.1 Å². The number of ether oxygens (including phenoxy) is 1. The van der Waals surface area contributed by atoms with Crippen LogP contribution >= 0.6 is 0 Å². The summed E-state index contributed by atoms with van der Waals surface area (Å²) in [5.41, 5.74) is 1.19. The van der Waals surface area contributed by atoms with E-state index < -0.39 is 8.24 Å². The first-order chi connectivity index (χ1) is 12.0. The van der Waals surface area contributed by atoms with Gasteiger partial charge in [0.05, 0.1) is 6.10 Å². The van der Waals surface area contributed by atoms with Crippen LogP contribution in [0.2, 0.25) is 13.1 Å². The maximum atomic E-state index is 5.71. The van der Waals surface area contributed by atoms with E-state index in [2.05, 4.69) is 76.3 Å². The zero-order valence-electron chi connectivity index (χ0n) is 17.4. The van der Waals surface area contributed by atoms with E-state index in [-0.39, 0.29) is 48.1 Å². The van der Waals surface area contributed by atoms with E-state index in [1.54, 1.807) is 7.11 Å². The van der Waals surface area contributed by atoms with E-state index in [0.717, 1.165) is 12.8 Å². The second kappa shape index (κ2) is 15.6. The van der Waals surface area contributed by atoms with Gasteiger partial charge in [0.15, 0.2) is 0 Å². The van der Waals surface area contributed by atoms with Crippen molar-refractivity contribution in [2.45, 2.75) is 45.0 Å². The molecule has 0 aliphatic rings. The van der Waals surface area contributed by atoms with E-state index in [4.69, 9.17) is 9.72 Å².